The highest BCUT2D eigenvalue weighted by Crippen LogP contribution is 2.40. The summed E-state index contributed by atoms with van der Waals surface area (Å²) >= 11 is 1.97. The topological polar surface area (TPSA) is 32.3 Å². The monoisotopic (exact) mass is 412 g/mol. The number of aromatic nitrogens is 2. The lowest BCUT2D eigenvalue weighted by Gasteiger charge is -2.40. The molecule has 2 aromatic heterocycles. The maximum Gasteiger partial charge on any atom is 0.141 e. The fourth-order valence-corrected chi connectivity index (χ4v) is 6.92. The first-order valence-corrected chi connectivity index (χ1v) is 13.0. The Morgan fingerprint density at radius 2 is 1.66 bits per heavy atom. The fraction of sp³-hybridized carbons (Fsp3) is 0.750. The summed E-state index contributed by atoms with van der Waals surface area (Å²) in [5, 5.41) is 1.42. The molecule has 2 fully saturated rings. The lowest BCUT2D eigenvalue weighted by Crippen LogP contribution is -2.47. The molecule has 4 heterocycles. The van der Waals surface area contributed by atoms with Gasteiger partial charge in [0.15, 0.2) is 0 Å². The van der Waals surface area contributed by atoms with Crippen LogP contribution < -0.4 is 4.90 Å². The minimum absolute atomic E-state index is 0.790. The summed E-state index contributed by atoms with van der Waals surface area (Å²) in [7, 11) is 0. The zero-order valence-corrected chi connectivity index (χ0v) is 18.9. The molecule has 2 aliphatic heterocycles. The molecular weight excluding hydrogens is 376 g/mol. The number of fused-ring (bicyclic) bond motifs is 3. The highest BCUT2D eigenvalue weighted by atomic mass is 32.1. The van der Waals surface area contributed by atoms with Crippen LogP contribution in [0.5, 0.6) is 0 Å². The first-order valence-electron chi connectivity index (χ1n) is 12.1. The van der Waals surface area contributed by atoms with Crippen LogP contribution in [-0.2, 0) is 19.3 Å². The zero-order chi connectivity index (χ0) is 19.6. The number of aryl methyl sites for hydroxylation is 3. The molecular formula is C24H36N4S. The lowest BCUT2D eigenvalue weighted by molar-refractivity contribution is 0.141. The molecule has 3 aliphatic rings. The summed E-state index contributed by atoms with van der Waals surface area (Å²) in [4.78, 5) is 18.4. The van der Waals surface area contributed by atoms with Crippen LogP contribution in [-0.4, -0.2) is 47.1 Å². The van der Waals surface area contributed by atoms with Crippen molar-refractivity contribution in [3.05, 3.63) is 16.3 Å². The van der Waals surface area contributed by atoms with E-state index in [1.54, 1.807) is 10.4 Å². The summed E-state index contributed by atoms with van der Waals surface area (Å²) in [6, 6.07) is 0.790. The van der Waals surface area contributed by atoms with Crippen molar-refractivity contribution in [3.63, 3.8) is 0 Å². The summed E-state index contributed by atoms with van der Waals surface area (Å²) < 4.78 is 0. The normalized spacial score (nSPS) is 22.0. The highest BCUT2D eigenvalue weighted by molar-refractivity contribution is 7.19. The summed E-state index contributed by atoms with van der Waals surface area (Å²) in [6.07, 6.45) is 15.4. The molecule has 0 radical (unpaired) electrons. The first-order chi connectivity index (χ1) is 14.3. The van der Waals surface area contributed by atoms with Crippen molar-refractivity contribution in [1.82, 2.24) is 14.9 Å². The van der Waals surface area contributed by atoms with Crippen LogP contribution in [0.2, 0.25) is 0 Å². The van der Waals surface area contributed by atoms with Gasteiger partial charge in [0.05, 0.1) is 5.39 Å². The quantitative estimate of drug-likeness (QED) is 0.632. The fourth-order valence-electron chi connectivity index (χ4n) is 5.65. The van der Waals surface area contributed by atoms with E-state index in [4.69, 9.17) is 9.97 Å². The van der Waals surface area contributed by atoms with E-state index >= 15 is 0 Å². The molecule has 2 aromatic rings. The average Bonchev–Trinajstić information content (AvgIpc) is 2.95. The van der Waals surface area contributed by atoms with Gasteiger partial charge < -0.3 is 9.80 Å². The summed E-state index contributed by atoms with van der Waals surface area (Å²) in [6.45, 7) is 7.19. The van der Waals surface area contributed by atoms with E-state index in [-0.39, 0.29) is 0 Å². The van der Waals surface area contributed by atoms with Crippen molar-refractivity contribution in [2.45, 2.75) is 90.0 Å². The SMILES string of the molecule is CCCc1nc(N2CCC(N3CCCCC3)CC2)c2c3c(sc2n1)CCCCC3. The number of hydrogen-bond donors (Lipinski definition) is 0. The van der Waals surface area contributed by atoms with Crippen LogP contribution in [0.1, 0.15) is 81.0 Å². The van der Waals surface area contributed by atoms with E-state index in [0.29, 0.717) is 0 Å². The Labute approximate surface area is 179 Å². The number of nitrogens with zero attached hydrogens (tertiary/aromatic N) is 4. The van der Waals surface area contributed by atoms with E-state index in [9.17, 15) is 0 Å². The van der Waals surface area contributed by atoms with Crippen LogP contribution in [0.25, 0.3) is 10.2 Å². The second-order valence-electron chi connectivity index (χ2n) is 9.27. The van der Waals surface area contributed by atoms with Gasteiger partial charge in [-0.1, -0.05) is 19.8 Å². The molecule has 0 atom stereocenters. The molecule has 0 unspecified atom stereocenters. The summed E-state index contributed by atoms with van der Waals surface area (Å²) in [5.74, 6) is 2.33. The predicted octanol–water partition coefficient (Wildman–Crippen LogP) is 5.37. The molecule has 0 bridgehead atoms. The van der Waals surface area contributed by atoms with Gasteiger partial charge in [-0.3, -0.25) is 0 Å². The van der Waals surface area contributed by atoms with Crippen LogP contribution in [0.4, 0.5) is 5.82 Å². The number of piperidine rings is 2. The largest absolute Gasteiger partial charge is 0.356 e. The third kappa shape index (κ3) is 4.05. The second-order valence-corrected chi connectivity index (χ2v) is 10.4. The Bertz CT molecular complexity index is 831. The molecule has 5 heteroatoms. The molecule has 2 saturated heterocycles. The van der Waals surface area contributed by atoms with Gasteiger partial charge in [0.25, 0.3) is 0 Å². The molecule has 158 valence electrons. The maximum absolute atomic E-state index is 5.17. The molecule has 1 aliphatic carbocycles. The Balaban J connectivity index is 1.44. The van der Waals surface area contributed by atoms with Crippen molar-refractivity contribution < 1.29 is 0 Å². The van der Waals surface area contributed by atoms with Crippen LogP contribution in [0.3, 0.4) is 0 Å². The molecule has 0 aromatic carbocycles. The van der Waals surface area contributed by atoms with Crippen molar-refractivity contribution in [1.29, 1.82) is 0 Å². The molecule has 0 saturated carbocycles. The lowest BCUT2D eigenvalue weighted by atomic mass is 9.99. The van der Waals surface area contributed by atoms with E-state index in [1.807, 2.05) is 11.3 Å². The van der Waals surface area contributed by atoms with Crippen LogP contribution in [0, 0.1) is 0 Å². The van der Waals surface area contributed by atoms with E-state index in [1.165, 1.54) is 93.3 Å². The Morgan fingerprint density at radius 1 is 0.897 bits per heavy atom. The zero-order valence-electron chi connectivity index (χ0n) is 18.1. The van der Waals surface area contributed by atoms with Gasteiger partial charge in [0.2, 0.25) is 0 Å². The third-order valence-electron chi connectivity index (χ3n) is 7.24. The van der Waals surface area contributed by atoms with Crippen molar-refractivity contribution in [2.75, 3.05) is 31.1 Å². The van der Waals surface area contributed by atoms with Gasteiger partial charge >= 0.3 is 0 Å². The van der Waals surface area contributed by atoms with Gasteiger partial charge in [-0.05, 0) is 76.4 Å². The van der Waals surface area contributed by atoms with E-state index in [2.05, 4.69) is 16.7 Å². The molecule has 0 spiro atoms. The number of rotatable bonds is 4. The molecule has 0 N–H and O–H groups in total. The van der Waals surface area contributed by atoms with Crippen molar-refractivity contribution in [2.24, 2.45) is 0 Å². The van der Waals surface area contributed by atoms with E-state index in [0.717, 1.165) is 37.8 Å². The number of hydrogen-bond acceptors (Lipinski definition) is 5. The summed E-state index contributed by atoms with van der Waals surface area (Å²) in [5.41, 5.74) is 1.60. The average molecular weight is 413 g/mol. The predicted molar refractivity (Wildman–Crippen MR) is 123 cm³/mol. The van der Waals surface area contributed by atoms with Crippen LogP contribution in [0.15, 0.2) is 0 Å². The number of likely N-dealkylation sites (tertiary alicyclic amines) is 1. The van der Waals surface area contributed by atoms with Gasteiger partial charge in [-0.2, -0.15) is 0 Å². The standard InChI is InChI=1S/C24H36N4S/c1-2-9-21-25-23(22-19-10-5-3-6-11-20(19)29-24(22)26-21)28-16-12-18(13-17-28)27-14-7-4-8-15-27/h18H,2-17H2,1H3. The van der Waals surface area contributed by atoms with Gasteiger partial charge in [0.1, 0.15) is 16.5 Å². The van der Waals surface area contributed by atoms with Gasteiger partial charge in [-0.25, -0.2) is 9.97 Å². The third-order valence-corrected chi connectivity index (χ3v) is 8.42. The number of anilines is 1. The molecule has 4 nitrogen and oxygen atoms in total. The molecule has 5 rings (SSSR count). The minimum Gasteiger partial charge on any atom is -0.356 e. The Morgan fingerprint density at radius 3 is 2.45 bits per heavy atom. The van der Waals surface area contributed by atoms with E-state index < -0.39 is 0 Å². The molecule has 0 amide bonds. The van der Waals surface area contributed by atoms with Gasteiger partial charge in [0, 0.05) is 30.4 Å². The molecule has 29 heavy (non-hydrogen) atoms. The maximum atomic E-state index is 5.17. The minimum atomic E-state index is 0.790. The first kappa shape index (κ1) is 19.7. The number of thiophene rings is 1. The Kier molecular flexibility index (Phi) is 6.05. The van der Waals surface area contributed by atoms with Crippen molar-refractivity contribution in [3.8, 4) is 0 Å². The van der Waals surface area contributed by atoms with Gasteiger partial charge in [-0.15, -0.1) is 11.3 Å². The smallest absolute Gasteiger partial charge is 0.141 e. The highest BCUT2D eigenvalue weighted by Gasteiger charge is 2.29. The van der Waals surface area contributed by atoms with Crippen LogP contribution >= 0.6 is 11.3 Å². The van der Waals surface area contributed by atoms with Crippen molar-refractivity contribution >= 4 is 27.4 Å². The Hall–Kier alpha value is -1.20. The second kappa shape index (κ2) is 8.89.